The maximum atomic E-state index is 12.7. The summed E-state index contributed by atoms with van der Waals surface area (Å²) in [6, 6.07) is 30.3. The highest BCUT2D eigenvalue weighted by atomic mass is 16.4. The molecular weight excluding hydrogens is 530 g/mol. The third-order valence-electron chi connectivity index (χ3n) is 7.23. The first-order valence-corrected chi connectivity index (χ1v) is 13.4. The van der Waals surface area contributed by atoms with Crippen LogP contribution >= 0.6 is 0 Å². The SMILES string of the molecule is Cn1c(-c2ccccc2)c(-c2cn(CCC(=O)Nc3ccc(-c4ccccc4)cc3)nn2)c2cc(C(=O)O)c(O)cc21. The van der Waals surface area contributed by atoms with Crippen molar-refractivity contribution in [2.75, 3.05) is 5.32 Å². The molecule has 0 spiro atoms. The number of amides is 1. The van der Waals surface area contributed by atoms with Crippen LogP contribution in [0.5, 0.6) is 5.75 Å². The van der Waals surface area contributed by atoms with E-state index in [0.717, 1.165) is 22.4 Å². The first-order chi connectivity index (χ1) is 20.4. The third kappa shape index (κ3) is 5.11. The van der Waals surface area contributed by atoms with Crippen LogP contribution in [-0.4, -0.2) is 41.7 Å². The zero-order valence-electron chi connectivity index (χ0n) is 22.7. The van der Waals surface area contributed by atoms with E-state index in [4.69, 9.17) is 0 Å². The molecule has 0 atom stereocenters. The minimum absolute atomic E-state index is 0.156. The highest BCUT2D eigenvalue weighted by Crippen LogP contribution is 2.41. The molecule has 42 heavy (non-hydrogen) atoms. The van der Waals surface area contributed by atoms with Crippen LogP contribution in [0.4, 0.5) is 5.69 Å². The molecule has 6 rings (SSSR count). The van der Waals surface area contributed by atoms with Crippen LogP contribution in [0.2, 0.25) is 0 Å². The average Bonchev–Trinajstić information content (AvgIpc) is 3.59. The summed E-state index contributed by atoms with van der Waals surface area (Å²) in [7, 11) is 1.86. The lowest BCUT2D eigenvalue weighted by Gasteiger charge is -2.07. The fourth-order valence-corrected chi connectivity index (χ4v) is 5.17. The van der Waals surface area contributed by atoms with Crippen LogP contribution in [0.1, 0.15) is 16.8 Å². The van der Waals surface area contributed by atoms with Crippen molar-refractivity contribution in [3.8, 4) is 39.4 Å². The minimum Gasteiger partial charge on any atom is -0.507 e. The number of carboxylic acid groups (broad SMARTS) is 1. The Labute approximate surface area is 241 Å². The molecule has 1 amide bonds. The van der Waals surface area contributed by atoms with Crippen molar-refractivity contribution in [3.05, 3.63) is 109 Å². The van der Waals surface area contributed by atoms with E-state index in [2.05, 4.69) is 15.6 Å². The summed E-state index contributed by atoms with van der Waals surface area (Å²) in [5.41, 5.74) is 6.25. The predicted octanol–water partition coefficient (Wildman–Crippen LogP) is 6.20. The van der Waals surface area contributed by atoms with Crippen molar-refractivity contribution >= 4 is 28.5 Å². The molecular formula is C33H27N5O4. The highest BCUT2D eigenvalue weighted by Gasteiger charge is 2.23. The molecule has 0 radical (unpaired) electrons. The molecule has 0 unspecified atom stereocenters. The van der Waals surface area contributed by atoms with Gasteiger partial charge in [-0.15, -0.1) is 5.10 Å². The number of nitrogens with one attached hydrogen (secondary N) is 1. The summed E-state index contributed by atoms with van der Waals surface area (Å²) < 4.78 is 3.50. The maximum absolute atomic E-state index is 12.7. The van der Waals surface area contributed by atoms with E-state index in [1.165, 1.54) is 12.1 Å². The lowest BCUT2D eigenvalue weighted by Crippen LogP contribution is -2.14. The number of carbonyl (C=O) groups is 2. The van der Waals surface area contributed by atoms with E-state index in [0.29, 0.717) is 34.4 Å². The van der Waals surface area contributed by atoms with Gasteiger partial charge in [0.25, 0.3) is 0 Å². The lowest BCUT2D eigenvalue weighted by atomic mass is 10.0. The molecule has 2 heterocycles. The first kappa shape index (κ1) is 26.5. The quantitative estimate of drug-likeness (QED) is 0.205. The molecule has 3 N–H and O–H groups in total. The van der Waals surface area contributed by atoms with Gasteiger partial charge in [0.05, 0.1) is 24.0 Å². The second-order valence-corrected chi connectivity index (χ2v) is 9.95. The van der Waals surface area contributed by atoms with Crippen molar-refractivity contribution < 1.29 is 19.8 Å². The predicted molar refractivity (Wildman–Crippen MR) is 161 cm³/mol. The molecule has 0 aliphatic heterocycles. The van der Waals surface area contributed by atoms with Crippen molar-refractivity contribution in [2.24, 2.45) is 7.05 Å². The number of benzene rings is 4. The Morgan fingerprint density at radius 2 is 1.50 bits per heavy atom. The monoisotopic (exact) mass is 557 g/mol. The fraction of sp³-hybridized carbons (Fsp3) is 0.0909. The lowest BCUT2D eigenvalue weighted by molar-refractivity contribution is -0.116. The Bertz CT molecular complexity index is 1910. The molecule has 9 nitrogen and oxygen atoms in total. The van der Waals surface area contributed by atoms with E-state index in [1.54, 1.807) is 10.9 Å². The second kappa shape index (κ2) is 11.1. The number of aryl methyl sites for hydroxylation is 2. The summed E-state index contributed by atoms with van der Waals surface area (Å²) >= 11 is 0. The van der Waals surface area contributed by atoms with Crippen molar-refractivity contribution in [2.45, 2.75) is 13.0 Å². The number of aromatic nitrogens is 4. The van der Waals surface area contributed by atoms with E-state index >= 15 is 0 Å². The van der Waals surface area contributed by atoms with Crippen LogP contribution in [0, 0.1) is 0 Å². The van der Waals surface area contributed by atoms with Gasteiger partial charge < -0.3 is 20.1 Å². The number of rotatable bonds is 8. The van der Waals surface area contributed by atoms with E-state index in [9.17, 15) is 19.8 Å². The number of fused-ring (bicyclic) bond motifs is 1. The number of aromatic carboxylic acids is 1. The van der Waals surface area contributed by atoms with E-state index in [1.807, 2.05) is 96.5 Å². The van der Waals surface area contributed by atoms with Gasteiger partial charge in [-0.2, -0.15) is 0 Å². The molecule has 4 aromatic carbocycles. The van der Waals surface area contributed by atoms with Crippen molar-refractivity contribution in [1.82, 2.24) is 19.6 Å². The normalized spacial score (nSPS) is 11.1. The van der Waals surface area contributed by atoms with Gasteiger partial charge in [-0.1, -0.05) is 78.0 Å². The number of hydrogen-bond acceptors (Lipinski definition) is 5. The van der Waals surface area contributed by atoms with Crippen LogP contribution in [0.15, 0.2) is 103 Å². The third-order valence-corrected chi connectivity index (χ3v) is 7.23. The number of nitrogens with zero attached hydrogens (tertiary/aromatic N) is 4. The molecule has 0 fully saturated rings. The van der Waals surface area contributed by atoms with Crippen molar-refractivity contribution in [3.63, 3.8) is 0 Å². The summed E-state index contributed by atoms with van der Waals surface area (Å²) in [6.07, 6.45) is 1.93. The maximum Gasteiger partial charge on any atom is 0.339 e. The van der Waals surface area contributed by atoms with Crippen LogP contribution < -0.4 is 5.32 Å². The largest absolute Gasteiger partial charge is 0.507 e. The van der Waals surface area contributed by atoms with Crippen LogP contribution in [0.25, 0.3) is 44.5 Å². The van der Waals surface area contributed by atoms with E-state index < -0.39 is 5.97 Å². The fourth-order valence-electron chi connectivity index (χ4n) is 5.17. The topological polar surface area (TPSA) is 122 Å². The number of anilines is 1. The van der Waals surface area contributed by atoms with Crippen LogP contribution in [0.3, 0.4) is 0 Å². The summed E-state index contributed by atoms with van der Waals surface area (Å²) in [5, 5.41) is 32.2. The first-order valence-electron chi connectivity index (χ1n) is 13.4. The Balaban J connectivity index is 1.24. The van der Waals surface area contributed by atoms with Gasteiger partial charge in [-0.3, -0.25) is 9.48 Å². The molecule has 0 saturated carbocycles. The van der Waals surface area contributed by atoms with Gasteiger partial charge in [0.15, 0.2) is 0 Å². The minimum atomic E-state index is -1.23. The second-order valence-electron chi connectivity index (χ2n) is 9.95. The van der Waals surface area contributed by atoms with Gasteiger partial charge >= 0.3 is 5.97 Å². The molecule has 0 saturated heterocycles. The highest BCUT2D eigenvalue weighted by molar-refractivity contribution is 6.07. The molecule has 9 heteroatoms. The number of aromatic hydroxyl groups is 1. The number of carbonyl (C=O) groups excluding carboxylic acids is 1. The van der Waals surface area contributed by atoms with Gasteiger partial charge in [-0.05, 0) is 34.9 Å². The molecule has 0 aliphatic carbocycles. The zero-order chi connectivity index (χ0) is 29.2. The molecule has 208 valence electrons. The number of phenols is 1. The summed E-state index contributed by atoms with van der Waals surface area (Å²) in [6.45, 7) is 0.299. The molecule has 0 aliphatic rings. The Morgan fingerprint density at radius 3 is 2.17 bits per heavy atom. The Kier molecular flexibility index (Phi) is 6.98. The van der Waals surface area contributed by atoms with Gasteiger partial charge in [-0.25, -0.2) is 4.79 Å². The number of hydrogen-bond donors (Lipinski definition) is 3. The summed E-state index contributed by atoms with van der Waals surface area (Å²) in [4.78, 5) is 24.5. The van der Waals surface area contributed by atoms with Gasteiger partial charge in [0.2, 0.25) is 5.91 Å². The number of carboxylic acids is 1. The molecule has 0 bridgehead atoms. The van der Waals surface area contributed by atoms with Gasteiger partial charge in [0, 0.05) is 36.2 Å². The molecule has 6 aromatic rings. The Hall–Kier alpha value is -5.70. The molecule has 2 aromatic heterocycles. The van der Waals surface area contributed by atoms with Crippen LogP contribution in [-0.2, 0) is 18.4 Å². The Morgan fingerprint density at radius 1 is 0.857 bits per heavy atom. The standard InChI is InChI=1S/C33H27N5O4/c1-37-28-19-29(39)26(33(41)42)18-25(28)31(32(37)23-10-6-3-7-11-23)27-20-38(36-35-27)17-16-30(40)34-24-14-12-22(13-15-24)21-8-4-2-5-9-21/h2-15,18-20,39H,16-17H2,1H3,(H,34,40)(H,41,42). The average molecular weight is 558 g/mol. The van der Waals surface area contributed by atoms with E-state index in [-0.39, 0.29) is 23.6 Å². The van der Waals surface area contributed by atoms with Gasteiger partial charge in [0.1, 0.15) is 17.0 Å². The van der Waals surface area contributed by atoms with Crippen molar-refractivity contribution in [1.29, 1.82) is 0 Å². The smallest absolute Gasteiger partial charge is 0.339 e. The zero-order valence-corrected chi connectivity index (χ0v) is 22.7. The summed E-state index contributed by atoms with van der Waals surface area (Å²) in [5.74, 6) is -1.70.